The third-order valence-electron chi connectivity index (χ3n) is 3.85. The number of rotatable bonds is 7. The highest BCUT2D eigenvalue weighted by molar-refractivity contribution is 5.84. The number of aryl methyl sites for hydroxylation is 1. The summed E-state index contributed by atoms with van der Waals surface area (Å²) in [7, 11) is 2.15. The number of anilines is 1. The molecule has 0 aliphatic carbocycles. The second-order valence-electron chi connectivity index (χ2n) is 5.61. The summed E-state index contributed by atoms with van der Waals surface area (Å²) < 4.78 is 7.70. The van der Waals surface area contributed by atoms with Gasteiger partial charge in [-0.05, 0) is 52.9 Å². The van der Waals surface area contributed by atoms with Crippen LogP contribution in [0, 0.1) is 0 Å². The third kappa shape index (κ3) is 3.47. The van der Waals surface area contributed by atoms with E-state index in [-0.39, 0.29) is 0 Å². The molecule has 2 aromatic rings. The lowest BCUT2D eigenvalue weighted by atomic mass is 10.2. The predicted molar refractivity (Wildman–Crippen MR) is 87.7 cm³/mol. The number of nitrogens with two attached hydrogens (primary N) is 1. The van der Waals surface area contributed by atoms with Gasteiger partial charge in [0.1, 0.15) is 11.3 Å². The Balaban J connectivity index is 2.16. The number of fused-ring (bicyclic) bond motifs is 1. The van der Waals surface area contributed by atoms with Crippen molar-refractivity contribution in [3.8, 4) is 5.75 Å². The van der Waals surface area contributed by atoms with Crippen molar-refractivity contribution in [2.24, 2.45) is 0 Å². The molecule has 2 N–H and O–H groups in total. The number of ether oxygens (including phenoxy) is 1. The van der Waals surface area contributed by atoms with Crippen LogP contribution in [0.15, 0.2) is 18.2 Å². The molecule has 0 aliphatic heterocycles. The molecule has 0 bridgehead atoms. The predicted octanol–water partition coefficient (Wildman–Crippen LogP) is 2.75. The average molecular weight is 290 g/mol. The van der Waals surface area contributed by atoms with E-state index in [9.17, 15) is 0 Å². The van der Waals surface area contributed by atoms with Gasteiger partial charge in [0.2, 0.25) is 5.95 Å². The highest BCUT2D eigenvalue weighted by Gasteiger charge is 2.12. The van der Waals surface area contributed by atoms with Crippen molar-refractivity contribution >= 4 is 17.0 Å². The number of para-hydroxylation sites is 1. The largest absolute Gasteiger partial charge is 0.492 e. The van der Waals surface area contributed by atoms with Crippen LogP contribution in [0.4, 0.5) is 5.95 Å². The van der Waals surface area contributed by atoms with Crippen molar-refractivity contribution in [2.75, 3.05) is 25.9 Å². The lowest BCUT2D eigenvalue weighted by Crippen LogP contribution is -2.28. The highest BCUT2D eigenvalue weighted by Crippen LogP contribution is 2.27. The van der Waals surface area contributed by atoms with Crippen LogP contribution in [-0.4, -0.2) is 40.7 Å². The summed E-state index contributed by atoms with van der Waals surface area (Å²) in [5, 5.41) is 0. The van der Waals surface area contributed by atoms with Gasteiger partial charge in [-0.2, -0.15) is 0 Å². The Kier molecular flexibility index (Phi) is 5.07. The number of hydrogen-bond acceptors (Lipinski definition) is 4. The van der Waals surface area contributed by atoms with E-state index in [1.807, 2.05) is 25.1 Å². The molecule has 5 nitrogen and oxygen atoms in total. The van der Waals surface area contributed by atoms with Crippen molar-refractivity contribution in [3.63, 3.8) is 0 Å². The maximum atomic E-state index is 6.08. The Morgan fingerprint density at radius 2 is 2.14 bits per heavy atom. The molecule has 0 fully saturated rings. The van der Waals surface area contributed by atoms with Crippen molar-refractivity contribution in [2.45, 2.75) is 39.8 Å². The monoisotopic (exact) mass is 290 g/mol. The fraction of sp³-hybridized carbons (Fsp3) is 0.562. The van der Waals surface area contributed by atoms with E-state index < -0.39 is 0 Å². The summed E-state index contributed by atoms with van der Waals surface area (Å²) in [5.74, 6) is 1.36. The molecular weight excluding hydrogens is 264 g/mol. The zero-order valence-corrected chi connectivity index (χ0v) is 13.5. The Labute approximate surface area is 126 Å². The Bertz CT molecular complexity index is 591. The first-order chi connectivity index (χ1) is 10.0. The zero-order valence-electron chi connectivity index (χ0n) is 13.5. The van der Waals surface area contributed by atoms with E-state index in [1.54, 1.807) is 0 Å². The van der Waals surface area contributed by atoms with Crippen molar-refractivity contribution in [1.29, 1.82) is 0 Å². The standard InChI is InChI=1S/C16H26N4O/c1-5-21-14-9-6-8-13-15(14)18-16(17)20(13)11-7-10-19(4)12(2)3/h6,8-9,12H,5,7,10-11H2,1-4H3,(H2,17,18). The van der Waals surface area contributed by atoms with Crippen LogP contribution in [0.5, 0.6) is 5.75 Å². The van der Waals surface area contributed by atoms with E-state index in [0.717, 1.165) is 36.3 Å². The van der Waals surface area contributed by atoms with Gasteiger partial charge in [-0.25, -0.2) is 4.98 Å². The molecule has 21 heavy (non-hydrogen) atoms. The summed E-state index contributed by atoms with van der Waals surface area (Å²) in [6, 6.07) is 6.54. The van der Waals surface area contributed by atoms with E-state index in [1.165, 1.54) is 0 Å². The Morgan fingerprint density at radius 3 is 2.81 bits per heavy atom. The fourth-order valence-electron chi connectivity index (χ4n) is 2.38. The van der Waals surface area contributed by atoms with Gasteiger partial charge < -0.3 is 19.9 Å². The molecule has 2 rings (SSSR count). The van der Waals surface area contributed by atoms with Crippen LogP contribution in [0.1, 0.15) is 27.2 Å². The van der Waals surface area contributed by atoms with Gasteiger partial charge >= 0.3 is 0 Å². The first-order valence-electron chi connectivity index (χ1n) is 7.62. The quantitative estimate of drug-likeness (QED) is 0.852. The minimum atomic E-state index is 0.560. The molecule has 0 atom stereocenters. The lowest BCUT2D eigenvalue weighted by molar-refractivity contribution is 0.266. The van der Waals surface area contributed by atoms with Crippen molar-refractivity contribution in [3.05, 3.63) is 18.2 Å². The van der Waals surface area contributed by atoms with Crippen LogP contribution in [0.2, 0.25) is 0 Å². The number of nitrogens with zero attached hydrogens (tertiary/aromatic N) is 3. The van der Waals surface area contributed by atoms with Gasteiger partial charge in [0.05, 0.1) is 12.1 Å². The molecule has 1 heterocycles. The van der Waals surface area contributed by atoms with Gasteiger partial charge in [-0.1, -0.05) is 6.07 Å². The molecule has 0 amide bonds. The molecule has 0 aliphatic rings. The smallest absolute Gasteiger partial charge is 0.201 e. The summed E-state index contributed by atoms with van der Waals surface area (Å²) in [4.78, 5) is 6.80. The zero-order chi connectivity index (χ0) is 15.4. The van der Waals surface area contributed by atoms with Crippen molar-refractivity contribution < 1.29 is 4.74 Å². The third-order valence-corrected chi connectivity index (χ3v) is 3.85. The van der Waals surface area contributed by atoms with Gasteiger partial charge in [-0.15, -0.1) is 0 Å². The molecular formula is C16H26N4O. The first-order valence-corrected chi connectivity index (χ1v) is 7.62. The van der Waals surface area contributed by atoms with E-state index in [0.29, 0.717) is 18.6 Å². The van der Waals surface area contributed by atoms with Crippen LogP contribution in [0.3, 0.4) is 0 Å². The molecule has 0 radical (unpaired) electrons. The number of nitrogen functional groups attached to an aromatic ring is 1. The Morgan fingerprint density at radius 1 is 1.38 bits per heavy atom. The van der Waals surface area contributed by atoms with Gasteiger partial charge in [-0.3, -0.25) is 0 Å². The topological polar surface area (TPSA) is 56.3 Å². The minimum absolute atomic E-state index is 0.560. The maximum Gasteiger partial charge on any atom is 0.201 e. The summed E-state index contributed by atoms with van der Waals surface area (Å²) >= 11 is 0. The average Bonchev–Trinajstić information content (AvgIpc) is 2.76. The van der Waals surface area contributed by atoms with E-state index >= 15 is 0 Å². The van der Waals surface area contributed by atoms with Gasteiger partial charge in [0.15, 0.2) is 0 Å². The number of aromatic nitrogens is 2. The number of hydrogen-bond donors (Lipinski definition) is 1. The molecule has 0 unspecified atom stereocenters. The molecule has 1 aromatic heterocycles. The normalized spacial score (nSPS) is 11.7. The second-order valence-corrected chi connectivity index (χ2v) is 5.61. The van der Waals surface area contributed by atoms with Crippen LogP contribution in [0.25, 0.3) is 11.0 Å². The van der Waals surface area contributed by atoms with Crippen molar-refractivity contribution in [1.82, 2.24) is 14.5 Å². The lowest BCUT2D eigenvalue weighted by Gasteiger charge is -2.21. The van der Waals surface area contributed by atoms with Gasteiger partial charge in [0.25, 0.3) is 0 Å². The van der Waals surface area contributed by atoms with Crippen LogP contribution < -0.4 is 10.5 Å². The molecule has 116 valence electrons. The summed E-state index contributed by atoms with van der Waals surface area (Å²) in [5.41, 5.74) is 7.98. The maximum absolute atomic E-state index is 6.08. The molecule has 0 saturated heterocycles. The SMILES string of the molecule is CCOc1cccc2c1nc(N)n2CCCN(C)C(C)C. The summed E-state index contributed by atoms with van der Waals surface area (Å²) in [6.45, 7) is 8.92. The molecule has 0 spiro atoms. The van der Waals surface area contributed by atoms with E-state index in [2.05, 4.69) is 35.3 Å². The molecule has 0 saturated carbocycles. The number of imidazole rings is 1. The Hall–Kier alpha value is -1.75. The van der Waals surface area contributed by atoms with Crippen LogP contribution >= 0.6 is 0 Å². The highest BCUT2D eigenvalue weighted by atomic mass is 16.5. The number of benzene rings is 1. The molecule has 5 heteroatoms. The fourth-order valence-corrected chi connectivity index (χ4v) is 2.38. The summed E-state index contributed by atoms with van der Waals surface area (Å²) in [6.07, 6.45) is 1.04. The second kappa shape index (κ2) is 6.80. The van der Waals surface area contributed by atoms with E-state index in [4.69, 9.17) is 10.5 Å². The van der Waals surface area contributed by atoms with Gasteiger partial charge in [0, 0.05) is 12.6 Å². The molecule has 1 aromatic carbocycles. The van der Waals surface area contributed by atoms with Crippen LogP contribution in [-0.2, 0) is 6.54 Å². The first kappa shape index (κ1) is 15.6. The minimum Gasteiger partial charge on any atom is -0.492 e.